The summed E-state index contributed by atoms with van der Waals surface area (Å²) in [6, 6.07) is 12.1. The number of thiazole rings is 1. The highest BCUT2D eigenvalue weighted by atomic mass is 32.2. The molecule has 11 heteroatoms. The third-order valence-electron chi connectivity index (χ3n) is 5.80. The van der Waals surface area contributed by atoms with Gasteiger partial charge >= 0.3 is 0 Å². The molecule has 0 saturated carbocycles. The Kier molecular flexibility index (Phi) is 6.43. The zero-order valence-corrected chi connectivity index (χ0v) is 20.3. The Labute approximate surface area is 201 Å². The van der Waals surface area contributed by atoms with Gasteiger partial charge in [-0.3, -0.25) is 14.6 Å². The van der Waals surface area contributed by atoms with E-state index in [4.69, 9.17) is 14.2 Å². The summed E-state index contributed by atoms with van der Waals surface area (Å²) >= 11 is 1.29. The molecule has 0 N–H and O–H groups in total. The number of para-hydroxylation sites is 2. The fourth-order valence-corrected chi connectivity index (χ4v) is 5.68. The third kappa shape index (κ3) is 4.88. The zero-order valence-electron chi connectivity index (χ0n) is 18.7. The molecule has 34 heavy (non-hydrogen) atoms. The first-order valence-corrected chi connectivity index (χ1v) is 13.7. The summed E-state index contributed by atoms with van der Waals surface area (Å²) < 4.78 is 41.8. The Balaban J connectivity index is 1.43. The van der Waals surface area contributed by atoms with Crippen molar-refractivity contribution in [3.05, 3.63) is 42.5 Å². The number of hydrogen-bond donors (Lipinski definition) is 0. The highest BCUT2D eigenvalue weighted by Gasteiger charge is 2.33. The van der Waals surface area contributed by atoms with Crippen LogP contribution in [0.15, 0.2) is 47.4 Å². The third-order valence-corrected chi connectivity index (χ3v) is 7.95. The maximum Gasteiger partial charge on any atom is 0.273 e. The van der Waals surface area contributed by atoms with Crippen molar-refractivity contribution in [2.75, 3.05) is 57.2 Å². The van der Waals surface area contributed by atoms with Gasteiger partial charge in [-0.05, 0) is 30.3 Å². The number of anilines is 1. The number of rotatable bonds is 6. The van der Waals surface area contributed by atoms with Gasteiger partial charge in [0.1, 0.15) is 6.61 Å². The lowest BCUT2D eigenvalue weighted by Gasteiger charge is -2.32. The van der Waals surface area contributed by atoms with E-state index in [-0.39, 0.29) is 17.4 Å². The average molecular weight is 504 g/mol. The molecule has 2 aromatic carbocycles. The van der Waals surface area contributed by atoms with Crippen LogP contribution in [0.25, 0.3) is 10.2 Å². The minimum absolute atomic E-state index is 0.104. The van der Waals surface area contributed by atoms with Crippen molar-refractivity contribution in [1.29, 1.82) is 0 Å². The smallest absolute Gasteiger partial charge is 0.273 e. The van der Waals surface area contributed by atoms with E-state index in [9.17, 15) is 13.2 Å². The van der Waals surface area contributed by atoms with Gasteiger partial charge in [0.05, 0.1) is 28.3 Å². The number of carbonyl (C=O) groups is 1. The maximum absolute atomic E-state index is 13.6. The van der Waals surface area contributed by atoms with Gasteiger partial charge in [0.15, 0.2) is 26.5 Å². The molecule has 1 saturated heterocycles. The van der Waals surface area contributed by atoms with E-state index in [1.807, 2.05) is 12.1 Å². The molecule has 3 heterocycles. The molecule has 1 unspecified atom stereocenters. The fraction of sp³-hybridized carbons (Fsp3) is 0.391. The second-order valence-corrected chi connectivity index (χ2v) is 11.2. The molecule has 0 spiro atoms. The lowest BCUT2D eigenvalue weighted by atomic mass is 10.2. The number of carbonyl (C=O) groups excluding carboxylic acids is 1. The van der Waals surface area contributed by atoms with Crippen LogP contribution in [-0.4, -0.2) is 82.6 Å². The first kappa shape index (κ1) is 23.0. The highest BCUT2D eigenvalue weighted by molar-refractivity contribution is 7.90. The van der Waals surface area contributed by atoms with Crippen LogP contribution < -0.4 is 14.4 Å². The quantitative estimate of drug-likeness (QED) is 0.505. The average Bonchev–Trinajstić information content (AvgIpc) is 3.27. The first-order chi connectivity index (χ1) is 16.4. The monoisotopic (exact) mass is 503 g/mol. The predicted octanol–water partition coefficient (Wildman–Crippen LogP) is 2.21. The van der Waals surface area contributed by atoms with Gasteiger partial charge in [-0.15, -0.1) is 0 Å². The number of morpholine rings is 1. The summed E-state index contributed by atoms with van der Waals surface area (Å²) in [6.45, 7) is 4.11. The molecule has 2 aliphatic rings. The summed E-state index contributed by atoms with van der Waals surface area (Å²) in [4.78, 5) is 22.4. The molecule has 1 atom stereocenters. The SMILES string of the molecule is CS(=O)(=O)c1ccc2nc(N(CCN3CCOCC3)C(=O)C3COc4ccccc4O3)sc2c1. The Morgan fingerprint density at radius 3 is 2.71 bits per heavy atom. The van der Waals surface area contributed by atoms with E-state index in [1.54, 1.807) is 29.2 Å². The molecule has 5 rings (SSSR count). The standard InChI is InChI=1S/C23H25N3O6S2/c1-34(28,29)16-6-7-17-21(14-16)33-23(24-17)26(9-8-25-10-12-30-13-11-25)22(27)20-15-31-18-4-2-3-5-19(18)32-20/h2-7,14,20H,8-13,15H2,1H3. The van der Waals surface area contributed by atoms with E-state index in [2.05, 4.69) is 9.88 Å². The zero-order chi connectivity index (χ0) is 23.7. The lowest BCUT2D eigenvalue weighted by Crippen LogP contribution is -2.49. The Bertz CT molecular complexity index is 1300. The minimum Gasteiger partial charge on any atom is -0.485 e. The number of benzene rings is 2. The van der Waals surface area contributed by atoms with E-state index in [0.29, 0.717) is 53.2 Å². The van der Waals surface area contributed by atoms with Crippen LogP contribution in [0, 0.1) is 0 Å². The molecule has 180 valence electrons. The highest BCUT2D eigenvalue weighted by Crippen LogP contribution is 2.34. The Morgan fingerprint density at radius 2 is 1.94 bits per heavy atom. The first-order valence-electron chi connectivity index (χ1n) is 11.0. The number of hydrogen-bond acceptors (Lipinski definition) is 9. The minimum atomic E-state index is -3.35. The lowest BCUT2D eigenvalue weighted by molar-refractivity contribution is -0.127. The molecular formula is C23H25N3O6S2. The van der Waals surface area contributed by atoms with Crippen molar-refractivity contribution in [3.8, 4) is 11.5 Å². The molecule has 3 aromatic rings. The van der Waals surface area contributed by atoms with Crippen LogP contribution in [-0.2, 0) is 19.4 Å². The number of sulfone groups is 1. The van der Waals surface area contributed by atoms with E-state index < -0.39 is 15.9 Å². The van der Waals surface area contributed by atoms with Crippen molar-refractivity contribution < 1.29 is 27.4 Å². The van der Waals surface area contributed by atoms with Crippen LogP contribution >= 0.6 is 11.3 Å². The molecule has 1 aromatic heterocycles. The van der Waals surface area contributed by atoms with Crippen LogP contribution in [0.4, 0.5) is 5.13 Å². The summed E-state index contributed by atoms with van der Waals surface area (Å²) in [7, 11) is -3.35. The summed E-state index contributed by atoms with van der Waals surface area (Å²) in [5.74, 6) is 0.896. The van der Waals surface area contributed by atoms with Crippen LogP contribution in [0.1, 0.15) is 0 Å². The molecule has 0 bridgehead atoms. The van der Waals surface area contributed by atoms with Gasteiger partial charge in [-0.1, -0.05) is 23.5 Å². The number of ether oxygens (including phenoxy) is 3. The molecule has 2 aliphatic heterocycles. The number of aromatic nitrogens is 1. The van der Waals surface area contributed by atoms with Crippen molar-refractivity contribution in [3.63, 3.8) is 0 Å². The fourth-order valence-electron chi connectivity index (χ4n) is 3.92. The van der Waals surface area contributed by atoms with Crippen LogP contribution in [0.5, 0.6) is 11.5 Å². The molecule has 0 aliphatic carbocycles. The van der Waals surface area contributed by atoms with E-state index in [0.717, 1.165) is 13.1 Å². The van der Waals surface area contributed by atoms with Gasteiger partial charge in [0.2, 0.25) is 6.10 Å². The van der Waals surface area contributed by atoms with Gasteiger partial charge in [-0.25, -0.2) is 13.4 Å². The van der Waals surface area contributed by atoms with Crippen molar-refractivity contribution >= 4 is 42.4 Å². The van der Waals surface area contributed by atoms with Crippen molar-refractivity contribution in [2.24, 2.45) is 0 Å². The van der Waals surface area contributed by atoms with E-state index >= 15 is 0 Å². The van der Waals surface area contributed by atoms with Gasteiger partial charge in [-0.2, -0.15) is 0 Å². The van der Waals surface area contributed by atoms with Crippen LogP contribution in [0.3, 0.4) is 0 Å². The van der Waals surface area contributed by atoms with Gasteiger partial charge in [0.25, 0.3) is 5.91 Å². The summed E-state index contributed by atoms with van der Waals surface area (Å²) in [6.07, 6.45) is 0.366. The normalized spacial score (nSPS) is 18.7. The number of amides is 1. The topological polar surface area (TPSA) is 98.3 Å². The number of nitrogens with zero attached hydrogens (tertiary/aromatic N) is 3. The Hall–Kier alpha value is -2.73. The van der Waals surface area contributed by atoms with Gasteiger partial charge in [0, 0.05) is 32.4 Å². The number of fused-ring (bicyclic) bond motifs is 2. The second kappa shape index (κ2) is 9.49. The summed E-state index contributed by atoms with van der Waals surface area (Å²) in [5, 5.41) is 0.501. The second-order valence-electron chi connectivity index (χ2n) is 8.21. The molecule has 9 nitrogen and oxygen atoms in total. The molecule has 1 fully saturated rings. The van der Waals surface area contributed by atoms with E-state index in [1.165, 1.54) is 23.7 Å². The maximum atomic E-state index is 13.6. The van der Waals surface area contributed by atoms with Crippen molar-refractivity contribution in [2.45, 2.75) is 11.0 Å². The van der Waals surface area contributed by atoms with Gasteiger partial charge < -0.3 is 14.2 Å². The predicted molar refractivity (Wildman–Crippen MR) is 129 cm³/mol. The molecule has 0 radical (unpaired) electrons. The largest absolute Gasteiger partial charge is 0.485 e. The Morgan fingerprint density at radius 1 is 1.18 bits per heavy atom. The molecule has 1 amide bonds. The van der Waals surface area contributed by atoms with Crippen molar-refractivity contribution in [1.82, 2.24) is 9.88 Å². The molecular weight excluding hydrogens is 478 g/mol. The summed E-state index contributed by atoms with van der Waals surface area (Å²) in [5.41, 5.74) is 0.641. The van der Waals surface area contributed by atoms with Crippen LogP contribution in [0.2, 0.25) is 0 Å².